The normalized spacial score (nSPS) is 16.4. The lowest BCUT2D eigenvalue weighted by molar-refractivity contribution is -0.109. The molecule has 0 spiro atoms. The third kappa shape index (κ3) is 8.22. The predicted molar refractivity (Wildman–Crippen MR) is 142 cm³/mol. The van der Waals surface area contributed by atoms with E-state index < -0.39 is 0 Å². The Balaban J connectivity index is 0.000000363. The average molecular weight is 477 g/mol. The van der Waals surface area contributed by atoms with Crippen LogP contribution in [0.3, 0.4) is 0 Å². The molecule has 35 heavy (non-hydrogen) atoms. The minimum absolute atomic E-state index is 0.320. The summed E-state index contributed by atoms with van der Waals surface area (Å²) in [6, 6.07) is 9.80. The molecule has 2 aliphatic rings. The number of benzene rings is 1. The van der Waals surface area contributed by atoms with Gasteiger partial charge in [0.2, 0.25) is 6.41 Å². The lowest BCUT2D eigenvalue weighted by atomic mass is 9.98. The number of cyclic esters (lactones) is 1. The highest BCUT2D eigenvalue weighted by Crippen LogP contribution is 2.29. The van der Waals surface area contributed by atoms with Gasteiger partial charge in [-0.2, -0.15) is 0 Å². The Bertz CT molecular complexity index is 1060. The van der Waals surface area contributed by atoms with Gasteiger partial charge in [0.25, 0.3) is 0 Å². The van der Waals surface area contributed by atoms with Crippen LogP contribution >= 0.6 is 0 Å². The number of pyridine rings is 1. The summed E-state index contributed by atoms with van der Waals surface area (Å²) in [6.07, 6.45) is 13.0. The van der Waals surface area contributed by atoms with Crippen molar-refractivity contribution >= 4 is 23.8 Å². The topological polar surface area (TPSA) is 97.6 Å². The SMILES string of the molecule is CC.CC1=CCC=C(c2ccc(N3CC(CNC=O)OC3=O)cc2C)C=C1.NCc1ccncc1. The van der Waals surface area contributed by atoms with Gasteiger partial charge in [0.1, 0.15) is 6.10 Å². The van der Waals surface area contributed by atoms with E-state index in [-0.39, 0.29) is 12.2 Å². The van der Waals surface area contributed by atoms with E-state index in [4.69, 9.17) is 10.5 Å². The average Bonchev–Trinajstić information content (AvgIpc) is 3.13. The number of nitrogens with zero attached hydrogens (tertiary/aromatic N) is 2. The van der Waals surface area contributed by atoms with Gasteiger partial charge in [0, 0.05) is 24.6 Å². The third-order valence-corrected chi connectivity index (χ3v) is 5.42. The standard InChI is InChI=1S/C20H22N2O3.C6H8N2.C2H6/c1-14-4-3-5-16(7-6-14)19-9-8-17(10-15(19)2)22-12-18(11-21-13-23)25-20(22)24;7-5-6-1-3-8-4-2-6;1-2/h4-10,13,18H,3,11-12H2,1-2H3,(H,21,23);1-4H,5,7H2;1-2H3. The van der Waals surface area contributed by atoms with Gasteiger partial charge >= 0.3 is 6.09 Å². The van der Waals surface area contributed by atoms with E-state index >= 15 is 0 Å². The summed E-state index contributed by atoms with van der Waals surface area (Å²) >= 11 is 0. The number of carbonyl (C=O) groups excluding carboxylic acids is 2. The van der Waals surface area contributed by atoms with Crippen LogP contribution in [0.5, 0.6) is 0 Å². The van der Waals surface area contributed by atoms with Crippen LogP contribution in [-0.2, 0) is 16.1 Å². The molecule has 1 fully saturated rings. The largest absolute Gasteiger partial charge is 0.442 e. The maximum atomic E-state index is 12.1. The highest BCUT2D eigenvalue weighted by atomic mass is 16.6. The number of carbonyl (C=O) groups is 2. The van der Waals surface area contributed by atoms with Gasteiger partial charge in [-0.1, -0.05) is 49.8 Å². The predicted octanol–water partition coefficient (Wildman–Crippen LogP) is 4.92. The smallest absolute Gasteiger partial charge is 0.414 e. The summed E-state index contributed by atoms with van der Waals surface area (Å²) in [5.41, 5.74) is 12.0. The van der Waals surface area contributed by atoms with E-state index in [2.05, 4.69) is 41.5 Å². The van der Waals surface area contributed by atoms with Gasteiger partial charge in [-0.15, -0.1) is 0 Å². The van der Waals surface area contributed by atoms with Crippen molar-refractivity contribution in [1.82, 2.24) is 10.3 Å². The fraction of sp³-hybridized carbons (Fsp3) is 0.321. The number of aryl methyl sites for hydroxylation is 1. The van der Waals surface area contributed by atoms with Crippen molar-refractivity contribution in [2.75, 3.05) is 18.0 Å². The quantitative estimate of drug-likeness (QED) is 0.577. The zero-order valence-electron chi connectivity index (χ0n) is 21.0. The van der Waals surface area contributed by atoms with Crippen molar-refractivity contribution in [3.05, 3.63) is 89.3 Å². The molecule has 2 aromatic rings. The fourth-order valence-electron chi connectivity index (χ4n) is 3.61. The van der Waals surface area contributed by atoms with Crippen molar-refractivity contribution in [2.24, 2.45) is 5.73 Å². The molecule has 0 radical (unpaired) electrons. The number of allylic oxidation sites excluding steroid dienone is 6. The van der Waals surface area contributed by atoms with Crippen molar-refractivity contribution in [3.63, 3.8) is 0 Å². The van der Waals surface area contributed by atoms with E-state index in [0.717, 1.165) is 28.8 Å². The second kappa shape index (κ2) is 14.5. The van der Waals surface area contributed by atoms with Crippen molar-refractivity contribution in [2.45, 2.75) is 46.8 Å². The van der Waals surface area contributed by atoms with E-state index in [1.54, 1.807) is 17.3 Å². The molecule has 0 bridgehead atoms. The molecule has 186 valence electrons. The number of nitrogens with two attached hydrogens (primary N) is 1. The Morgan fingerprint density at radius 1 is 1.14 bits per heavy atom. The molecule has 1 aromatic carbocycles. The second-order valence-corrected chi connectivity index (χ2v) is 7.88. The van der Waals surface area contributed by atoms with E-state index in [9.17, 15) is 9.59 Å². The first-order valence-corrected chi connectivity index (χ1v) is 11.9. The van der Waals surface area contributed by atoms with Crippen LogP contribution in [0.1, 0.15) is 43.9 Å². The molecule has 7 heteroatoms. The van der Waals surface area contributed by atoms with Gasteiger partial charge in [0.05, 0.1) is 13.1 Å². The lowest BCUT2D eigenvalue weighted by Crippen LogP contribution is -2.30. The van der Waals surface area contributed by atoms with Crippen LogP contribution in [-0.4, -0.2) is 36.7 Å². The Kier molecular flexibility index (Phi) is 11.4. The van der Waals surface area contributed by atoms with E-state index in [1.807, 2.05) is 51.1 Å². The first-order chi connectivity index (χ1) is 17.0. The summed E-state index contributed by atoms with van der Waals surface area (Å²) in [5, 5.41) is 2.55. The van der Waals surface area contributed by atoms with Crippen molar-refractivity contribution in [3.8, 4) is 0 Å². The van der Waals surface area contributed by atoms with Gasteiger partial charge in [-0.25, -0.2) is 4.79 Å². The molecule has 4 rings (SSSR count). The fourth-order valence-corrected chi connectivity index (χ4v) is 3.61. The number of hydrogen-bond acceptors (Lipinski definition) is 5. The number of amides is 2. The summed E-state index contributed by atoms with van der Waals surface area (Å²) < 4.78 is 5.28. The second-order valence-electron chi connectivity index (χ2n) is 7.88. The van der Waals surface area contributed by atoms with Crippen molar-refractivity contribution < 1.29 is 14.3 Å². The van der Waals surface area contributed by atoms with Gasteiger partial charge in [-0.05, 0) is 66.8 Å². The van der Waals surface area contributed by atoms with Crippen LogP contribution in [0, 0.1) is 6.92 Å². The van der Waals surface area contributed by atoms with Crippen molar-refractivity contribution in [1.29, 1.82) is 0 Å². The van der Waals surface area contributed by atoms with E-state index in [0.29, 0.717) is 26.0 Å². The first kappa shape index (κ1) is 27.5. The number of aromatic nitrogens is 1. The minimum atomic E-state index is -0.377. The Morgan fingerprint density at radius 2 is 1.89 bits per heavy atom. The summed E-state index contributed by atoms with van der Waals surface area (Å²) in [7, 11) is 0. The molecule has 1 aliphatic carbocycles. The molecule has 1 aliphatic heterocycles. The van der Waals surface area contributed by atoms with Gasteiger partial charge in [0.15, 0.2) is 0 Å². The Labute approximate surface area is 208 Å². The zero-order valence-corrected chi connectivity index (χ0v) is 21.0. The number of nitrogens with one attached hydrogen (secondary N) is 1. The lowest BCUT2D eigenvalue weighted by Gasteiger charge is -2.16. The Hall–Kier alpha value is -3.71. The maximum absolute atomic E-state index is 12.1. The number of rotatable bonds is 6. The number of ether oxygens (including phenoxy) is 1. The summed E-state index contributed by atoms with van der Waals surface area (Å²) in [5.74, 6) is 0. The number of anilines is 1. The molecule has 1 saturated heterocycles. The van der Waals surface area contributed by atoms with Gasteiger partial charge in [-0.3, -0.25) is 14.7 Å². The summed E-state index contributed by atoms with van der Waals surface area (Å²) in [4.78, 5) is 27.9. The molecule has 0 saturated carbocycles. The molecule has 3 N–H and O–H groups in total. The summed E-state index contributed by atoms with van der Waals surface area (Å²) in [6.45, 7) is 9.50. The minimum Gasteiger partial charge on any atom is -0.442 e. The van der Waals surface area contributed by atoms with Crippen LogP contribution in [0.25, 0.3) is 5.57 Å². The van der Waals surface area contributed by atoms with Crippen LogP contribution in [0.2, 0.25) is 0 Å². The van der Waals surface area contributed by atoms with Crippen LogP contribution in [0.15, 0.2) is 72.6 Å². The van der Waals surface area contributed by atoms with Crippen LogP contribution < -0.4 is 16.0 Å². The number of hydrogen-bond donors (Lipinski definition) is 2. The molecule has 7 nitrogen and oxygen atoms in total. The molecule has 2 heterocycles. The third-order valence-electron chi connectivity index (χ3n) is 5.42. The molecule has 1 unspecified atom stereocenters. The molecule has 1 atom stereocenters. The Morgan fingerprint density at radius 3 is 2.51 bits per heavy atom. The molecule has 1 aromatic heterocycles. The molecular formula is C28H36N4O3. The maximum Gasteiger partial charge on any atom is 0.414 e. The monoisotopic (exact) mass is 476 g/mol. The zero-order chi connectivity index (χ0) is 25.6. The van der Waals surface area contributed by atoms with E-state index in [1.165, 1.54) is 11.1 Å². The highest BCUT2D eigenvalue weighted by Gasteiger charge is 2.32. The molecule has 2 amide bonds. The van der Waals surface area contributed by atoms with Crippen LogP contribution in [0.4, 0.5) is 10.5 Å². The molecular weight excluding hydrogens is 440 g/mol. The first-order valence-electron chi connectivity index (χ1n) is 11.9. The van der Waals surface area contributed by atoms with Gasteiger partial charge < -0.3 is 15.8 Å². The highest BCUT2D eigenvalue weighted by molar-refractivity contribution is 5.90.